The molecule has 0 saturated heterocycles. The van der Waals surface area contributed by atoms with Crippen LogP contribution < -0.4 is 5.73 Å². The van der Waals surface area contributed by atoms with Gasteiger partial charge in [-0.05, 0) is 32.1 Å². The van der Waals surface area contributed by atoms with Crippen LogP contribution in [0.3, 0.4) is 0 Å². The van der Waals surface area contributed by atoms with Gasteiger partial charge in [-0.15, -0.1) is 0 Å². The van der Waals surface area contributed by atoms with Crippen LogP contribution in [-0.4, -0.2) is 18.5 Å². The van der Waals surface area contributed by atoms with E-state index in [0.29, 0.717) is 6.61 Å². The van der Waals surface area contributed by atoms with Crippen LogP contribution in [0.2, 0.25) is 0 Å². The van der Waals surface area contributed by atoms with Crippen molar-refractivity contribution in [3.63, 3.8) is 0 Å². The number of hydrogen-bond acceptors (Lipinski definition) is 3. The second kappa shape index (κ2) is 6.51. The highest BCUT2D eigenvalue weighted by molar-refractivity contribution is 5.77. The van der Waals surface area contributed by atoms with Crippen LogP contribution >= 0.6 is 0 Å². The molecule has 0 aromatic carbocycles. The molecule has 0 bridgehead atoms. The minimum absolute atomic E-state index is 0.0209. The van der Waals surface area contributed by atoms with Crippen molar-refractivity contribution in [2.45, 2.75) is 45.4 Å². The molecule has 16 heavy (non-hydrogen) atoms. The Morgan fingerprint density at radius 3 is 2.25 bits per heavy atom. The van der Waals surface area contributed by atoms with Crippen LogP contribution in [0, 0.1) is 11.8 Å². The lowest BCUT2D eigenvalue weighted by Gasteiger charge is -2.25. The number of primary amides is 1. The summed E-state index contributed by atoms with van der Waals surface area (Å²) >= 11 is 0. The molecule has 1 fully saturated rings. The lowest BCUT2D eigenvalue weighted by molar-refractivity contribution is -0.150. The van der Waals surface area contributed by atoms with Crippen molar-refractivity contribution in [1.82, 2.24) is 0 Å². The molecule has 1 aliphatic carbocycles. The van der Waals surface area contributed by atoms with Crippen LogP contribution in [0.4, 0.5) is 0 Å². The topological polar surface area (TPSA) is 69.4 Å². The molecule has 0 aromatic heterocycles. The van der Waals surface area contributed by atoms with Gasteiger partial charge in [0.25, 0.3) is 0 Å². The molecule has 92 valence electrons. The summed E-state index contributed by atoms with van der Waals surface area (Å²) in [5.41, 5.74) is 5.23. The van der Waals surface area contributed by atoms with Gasteiger partial charge < -0.3 is 10.5 Å². The van der Waals surface area contributed by atoms with E-state index in [0.717, 1.165) is 38.5 Å². The highest BCUT2D eigenvalue weighted by atomic mass is 16.5. The van der Waals surface area contributed by atoms with Crippen molar-refractivity contribution < 1.29 is 14.3 Å². The maximum absolute atomic E-state index is 11.6. The zero-order chi connectivity index (χ0) is 12.0. The van der Waals surface area contributed by atoms with Gasteiger partial charge in [0.15, 0.2) is 0 Å². The van der Waals surface area contributed by atoms with Gasteiger partial charge in [0.2, 0.25) is 5.91 Å². The number of amides is 1. The van der Waals surface area contributed by atoms with E-state index in [4.69, 9.17) is 10.5 Å². The lowest BCUT2D eigenvalue weighted by Crippen LogP contribution is -2.30. The second-order valence-electron chi connectivity index (χ2n) is 4.47. The minimum atomic E-state index is -0.238. The molecular formula is C12H21NO3. The highest BCUT2D eigenvalue weighted by Crippen LogP contribution is 2.29. The van der Waals surface area contributed by atoms with Crippen LogP contribution in [0.15, 0.2) is 0 Å². The first-order valence-electron chi connectivity index (χ1n) is 6.11. The fraction of sp³-hybridized carbons (Fsp3) is 0.833. The maximum Gasteiger partial charge on any atom is 0.308 e. The summed E-state index contributed by atoms with van der Waals surface area (Å²) in [5.74, 6) is -0.402. The molecule has 2 N–H and O–H groups in total. The Hall–Kier alpha value is -1.06. The van der Waals surface area contributed by atoms with Crippen molar-refractivity contribution in [2.24, 2.45) is 17.6 Å². The molecule has 0 radical (unpaired) electrons. The third-order valence-electron chi connectivity index (χ3n) is 3.21. The Bertz CT molecular complexity index is 245. The number of nitrogens with two attached hydrogens (primary N) is 1. The third kappa shape index (κ3) is 3.83. The maximum atomic E-state index is 11.6. The molecule has 0 atom stereocenters. The minimum Gasteiger partial charge on any atom is -0.465 e. The Kier molecular flexibility index (Phi) is 5.29. The van der Waals surface area contributed by atoms with Gasteiger partial charge in [-0.3, -0.25) is 9.59 Å². The predicted octanol–water partition coefficient (Wildman–Crippen LogP) is 1.62. The zero-order valence-corrected chi connectivity index (χ0v) is 9.91. The summed E-state index contributed by atoms with van der Waals surface area (Å²) in [6.45, 7) is 2.58. The van der Waals surface area contributed by atoms with Crippen LogP contribution in [-0.2, 0) is 14.3 Å². The molecule has 0 spiro atoms. The molecule has 1 saturated carbocycles. The van der Waals surface area contributed by atoms with Crippen LogP contribution in [0.1, 0.15) is 45.4 Å². The molecule has 1 rings (SSSR count). The third-order valence-corrected chi connectivity index (χ3v) is 3.21. The van der Waals surface area contributed by atoms with Crippen molar-refractivity contribution in [3.8, 4) is 0 Å². The van der Waals surface area contributed by atoms with E-state index in [1.807, 2.05) is 0 Å². The monoisotopic (exact) mass is 227 g/mol. The quantitative estimate of drug-likeness (QED) is 0.573. The molecule has 0 aliphatic heterocycles. The number of carbonyl (C=O) groups is 2. The van der Waals surface area contributed by atoms with Gasteiger partial charge in [0.05, 0.1) is 12.5 Å². The van der Waals surface area contributed by atoms with Crippen molar-refractivity contribution >= 4 is 11.9 Å². The summed E-state index contributed by atoms with van der Waals surface area (Å²) in [4.78, 5) is 22.6. The van der Waals surface area contributed by atoms with Gasteiger partial charge >= 0.3 is 5.97 Å². The van der Waals surface area contributed by atoms with Crippen LogP contribution in [0.25, 0.3) is 0 Å². The van der Waals surface area contributed by atoms with E-state index in [-0.39, 0.29) is 23.7 Å². The normalized spacial score (nSPS) is 25.1. The average molecular weight is 227 g/mol. The lowest BCUT2D eigenvalue weighted by atomic mass is 9.82. The molecule has 0 heterocycles. The van der Waals surface area contributed by atoms with Crippen molar-refractivity contribution in [3.05, 3.63) is 0 Å². The largest absolute Gasteiger partial charge is 0.465 e. The summed E-state index contributed by atoms with van der Waals surface area (Å²) in [7, 11) is 0. The SMILES string of the molecule is CCCCOC(=O)C1CCC(C(N)=O)CC1. The number of rotatable bonds is 5. The second-order valence-corrected chi connectivity index (χ2v) is 4.47. The molecule has 0 unspecified atom stereocenters. The molecule has 1 aliphatic rings. The van der Waals surface area contributed by atoms with Gasteiger partial charge in [-0.2, -0.15) is 0 Å². The predicted molar refractivity (Wildman–Crippen MR) is 60.5 cm³/mol. The van der Waals surface area contributed by atoms with Gasteiger partial charge in [0.1, 0.15) is 0 Å². The number of carbonyl (C=O) groups excluding carboxylic acids is 2. The molecule has 0 aromatic rings. The molecular weight excluding hydrogens is 206 g/mol. The Morgan fingerprint density at radius 1 is 1.19 bits per heavy atom. The van der Waals surface area contributed by atoms with Gasteiger partial charge in [0, 0.05) is 5.92 Å². The molecule has 4 nitrogen and oxygen atoms in total. The summed E-state index contributed by atoms with van der Waals surface area (Å²) in [6.07, 6.45) is 4.87. The van der Waals surface area contributed by atoms with E-state index in [2.05, 4.69) is 6.92 Å². The number of hydrogen-bond donors (Lipinski definition) is 1. The average Bonchev–Trinajstić information content (AvgIpc) is 2.29. The summed E-state index contributed by atoms with van der Waals surface area (Å²) in [5, 5.41) is 0. The Labute approximate surface area is 96.5 Å². The van der Waals surface area contributed by atoms with Crippen molar-refractivity contribution in [1.29, 1.82) is 0 Å². The Balaban J connectivity index is 2.25. The number of unbranched alkanes of at least 4 members (excludes halogenated alkanes) is 1. The summed E-state index contributed by atoms with van der Waals surface area (Å²) in [6, 6.07) is 0. The standard InChI is InChI=1S/C12H21NO3/c1-2-3-8-16-12(15)10-6-4-9(5-7-10)11(13)14/h9-10H,2-8H2,1H3,(H2,13,14). The first-order chi connectivity index (χ1) is 7.65. The fourth-order valence-electron chi connectivity index (χ4n) is 2.05. The first-order valence-corrected chi connectivity index (χ1v) is 6.11. The smallest absolute Gasteiger partial charge is 0.308 e. The Morgan fingerprint density at radius 2 is 1.75 bits per heavy atom. The van der Waals surface area contributed by atoms with Gasteiger partial charge in [-0.25, -0.2) is 0 Å². The van der Waals surface area contributed by atoms with E-state index in [1.165, 1.54) is 0 Å². The van der Waals surface area contributed by atoms with E-state index in [9.17, 15) is 9.59 Å². The number of ether oxygens (including phenoxy) is 1. The van der Waals surface area contributed by atoms with Gasteiger partial charge in [-0.1, -0.05) is 13.3 Å². The fourth-order valence-corrected chi connectivity index (χ4v) is 2.05. The molecule has 4 heteroatoms. The van der Waals surface area contributed by atoms with E-state index in [1.54, 1.807) is 0 Å². The van der Waals surface area contributed by atoms with Crippen LogP contribution in [0.5, 0.6) is 0 Å². The number of esters is 1. The molecule has 1 amide bonds. The first kappa shape index (κ1) is 13.0. The zero-order valence-electron chi connectivity index (χ0n) is 9.91. The summed E-state index contributed by atoms with van der Waals surface area (Å²) < 4.78 is 5.16. The van der Waals surface area contributed by atoms with Crippen molar-refractivity contribution in [2.75, 3.05) is 6.61 Å². The highest BCUT2D eigenvalue weighted by Gasteiger charge is 2.29. The van der Waals surface area contributed by atoms with E-state index >= 15 is 0 Å². The van der Waals surface area contributed by atoms with E-state index < -0.39 is 0 Å².